The number of nitrogens with zero attached hydrogens (tertiary/aromatic N) is 2. The van der Waals surface area contributed by atoms with Crippen LogP contribution in [-0.4, -0.2) is 27.8 Å². The molecule has 1 aromatic carbocycles. The molecule has 0 radical (unpaired) electrons. The molecule has 1 unspecified atom stereocenters. The largest absolute Gasteiger partial charge is 0.444 e. The molecule has 0 bridgehead atoms. The summed E-state index contributed by atoms with van der Waals surface area (Å²) in [5.74, 6) is 0. The highest BCUT2D eigenvalue weighted by atomic mass is 16.6. The van der Waals surface area contributed by atoms with Crippen LogP contribution in [-0.2, 0) is 18.3 Å². The Kier molecular flexibility index (Phi) is 6.58. The number of nitrogens with one attached hydrogen (secondary N) is 2. The third kappa shape index (κ3) is 6.58. The maximum Gasteiger partial charge on any atom is 0.408 e. The molecule has 2 aromatic rings. The third-order valence-electron chi connectivity index (χ3n) is 3.73. The van der Waals surface area contributed by atoms with Gasteiger partial charge in [0.1, 0.15) is 5.60 Å². The number of imidazole rings is 1. The Bertz CT molecular complexity index is 662. The van der Waals surface area contributed by atoms with Crippen LogP contribution in [0.15, 0.2) is 42.9 Å². The van der Waals surface area contributed by atoms with Crippen LogP contribution in [0.4, 0.5) is 4.79 Å². The van der Waals surface area contributed by atoms with Crippen molar-refractivity contribution in [2.75, 3.05) is 6.54 Å². The fourth-order valence-electron chi connectivity index (χ4n) is 2.48. The number of aryl methyl sites for hydroxylation is 1. The van der Waals surface area contributed by atoms with Gasteiger partial charge in [0, 0.05) is 19.8 Å². The molecule has 0 spiro atoms. The number of carbonyl (C=O) groups is 1. The molecule has 0 fully saturated rings. The summed E-state index contributed by atoms with van der Waals surface area (Å²) in [5.41, 5.74) is 1.68. The Balaban J connectivity index is 1.91. The summed E-state index contributed by atoms with van der Waals surface area (Å²) >= 11 is 0. The summed E-state index contributed by atoms with van der Waals surface area (Å²) in [5, 5.41) is 6.37. The highest BCUT2D eigenvalue weighted by Gasteiger charge is 2.20. The Morgan fingerprint density at radius 1 is 1.28 bits per heavy atom. The molecule has 1 heterocycles. The van der Waals surface area contributed by atoms with E-state index in [1.807, 2.05) is 68.9 Å². The van der Waals surface area contributed by atoms with Gasteiger partial charge in [-0.3, -0.25) is 0 Å². The monoisotopic (exact) mass is 344 g/mol. The quantitative estimate of drug-likeness (QED) is 0.757. The molecule has 1 amide bonds. The lowest BCUT2D eigenvalue weighted by Gasteiger charge is -2.24. The number of rotatable bonds is 7. The zero-order valence-electron chi connectivity index (χ0n) is 15.5. The Hall–Kier alpha value is -2.34. The van der Waals surface area contributed by atoms with Gasteiger partial charge in [-0.25, -0.2) is 9.78 Å². The van der Waals surface area contributed by atoms with E-state index in [1.165, 1.54) is 0 Å². The van der Waals surface area contributed by atoms with Crippen LogP contribution in [0.1, 0.15) is 44.5 Å². The molecule has 25 heavy (non-hydrogen) atoms. The Morgan fingerprint density at radius 3 is 2.60 bits per heavy atom. The molecule has 0 aliphatic rings. The molecule has 1 aromatic heterocycles. The number of carbonyl (C=O) groups excluding carboxylic acids is 1. The number of amides is 1. The zero-order valence-corrected chi connectivity index (χ0v) is 15.5. The SMILES string of the molecule is Cn1cncc1CNCCC(NC(=O)OC(C)(C)C)c1ccccc1. The first-order valence-corrected chi connectivity index (χ1v) is 8.55. The number of ether oxygens (including phenoxy) is 1. The molecule has 136 valence electrons. The molecule has 0 aliphatic heterocycles. The average Bonchev–Trinajstić information content (AvgIpc) is 2.94. The molecule has 6 heteroatoms. The second-order valence-electron chi connectivity index (χ2n) is 7.07. The van der Waals surface area contributed by atoms with Gasteiger partial charge >= 0.3 is 6.09 Å². The van der Waals surface area contributed by atoms with Crippen LogP contribution in [0.2, 0.25) is 0 Å². The molecular formula is C19H28N4O2. The van der Waals surface area contributed by atoms with Crippen LogP contribution in [0.3, 0.4) is 0 Å². The van der Waals surface area contributed by atoms with Gasteiger partial charge in [-0.05, 0) is 39.3 Å². The van der Waals surface area contributed by atoms with Crippen molar-refractivity contribution >= 4 is 6.09 Å². The van der Waals surface area contributed by atoms with E-state index in [0.29, 0.717) is 0 Å². The van der Waals surface area contributed by atoms with E-state index in [-0.39, 0.29) is 6.04 Å². The number of alkyl carbamates (subject to hydrolysis) is 1. The molecule has 2 N–H and O–H groups in total. The molecular weight excluding hydrogens is 316 g/mol. The minimum Gasteiger partial charge on any atom is -0.444 e. The molecule has 2 rings (SSSR count). The van der Waals surface area contributed by atoms with Gasteiger partial charge in [0.15, 0.2) is 0 Å². The average molecular weight is 344 g/mol. The normalized spacial score (nSPS) is 12.6. The van der Waals surface area contributed by atoms with Crippen LogP contribution in [0.5, 0.6) is 0 Å². The fraction of sp³-hybridized carbons (Fsp3) is 0.474. The number of hydrogen-bond acceptors (Lipinski definition) is 4. The molecule has 6 nitrogen and oxygen atoms in total. The first-order chi connectivity index (χ1) is 11.8. The summed E-state index contributed by atoms with van der Waals surface area (Å²) in [4.78, 5) is 16.2. The van der Waals surface area contributed by atoms with Crippen molar-refractivity contribution in [3.8, 4) is 0 Å². The molecule has 0 saturated heterocycles. The minimum atomic E-state index is -0.511. The zero-order chi connectivity index (χ0) is 18.3. The van der Waals surface area contributed by atoms with E-state index in [2.05, 4.69) is 15.6 Å². The van der Waals surface area contributed by atoms with E-state index in [1.54, 1.807) is 6.33 Å². The summed E-state index contributed by atoms with van der Waals surface area (Å²) in [6, 6.07) is 9.85. The lowest BCUT2D eigenvalue weighted by Crippen LogP contribution is -2.36. The van der Waals surface area contributed by atoms with Crippen molar-refractivity contribution in [2.24, 2.45) is 7.05 Å². The first kappa shape index (κ1) is 19.0. The van der Waals surface area contributed by atoms with Crippen molar-refractivity contribution in [3.05, 3.63) is 54.1 Å². The van der Waals surface area contributed by atoms with Crippen LogP contribution in [0, 0.1) is 0 Å². The van der Waals surface area contributed by atoms with Crippen LogP contribution >= 0.6 is 0 Å². The molecule has 0 saturated carbocycles. The van der Waals surface area contributed by atoms with Gasteiger partial charge in [0.2, 0.25) is 0 Å². The van der Waals surface area contributed by atoms with Crippen molar-refractivity contribution in [3.63, 3.8) is 0 Å². The van der Waals surface area contributed by atoms with Crippen LogP contribution < -0.4 is 10.6 Å². The standard InChI is InChI=1S/C19H28N4O2/c1-19(2,3)25-18(24)22-17(15-8-6-5-7-9-15)10-11-20-12-16-13-21-14-23(16)4/h5-9,13-14,17,20H,10-12H2,1-4H3,(H,22,24). The van der Waals surface area contributed by atoms with Gasteiger partial charge in [0.25, 0.3) is 0 Å². The van der Waals surface area contributed by atoms with Gasteiger partial charge in [-0.15, -0.1) is 0 Å². The fourth-order valence-corrected chi connectivity index (χ4v) is 2.48. The maximum atomic E-state index is 12.1. The summed E-state index contributed by atoms with van der Waals surface area (Å²) in [6.45, 7) is 7.09. The van der Waals surface area contributed by atoms with E-state index in [9.17, 15) is 4.79 Å². The highest BCUT2D eigenvalue weighted by Crippen LogP contribution is 2.17. The van der Waals surface area contributed by atoms with Gasteiger partial charge in [-0.2, -0.15) is 0 Å². The lowest BCUT2D eigenvalue weighted by molar-refractivity contribution is 0.0501. The second kappa shape index (κ2) is 8.67. The van der Waals surface area contributed by atoms with E-state index < -0.39 is 11.7 Å². The molecule has 0 aliphatic carbocycles. The van der Waals surface area contributed by atoms with Gasteiger partial charge < -0.3 is 19.9 Å². The van der Waals surface area contributed by atoms with Crippen molar-refractivity contribution < 1.29 is 9.53 Å². The Morgan fingerprint density at radius 2 is 2.00 bits per heavy atom. The molecule has 1 atom stereocenters. The van der Waals surface area contributed by atoms with Crippen molar-refractivity contribution in [1.29, 1.82) is 0 Å². The van der Waals surface area contributed by atoms with Gasteiger partial charge in [-0.1, -0.05) is 30.3 Å². The maximum absolute atomic E-state index is 12.1. The minimum absolute atomic E-state index is 0.102. The topological polar surface area (TPSA) is 68.2 Å². The predicted octanol–water partition coefficient (Wildman–Crippen LogP) is 3.17. The summed E-state index contributed by atoms with van der Waals surface area (Å²) in [6.07, 6.45) is 4.00. The smallest absolute Gasteiger partial charge is 0.408 e. The third-order valence-corrected chi connectivity index (χ3v) is 3.73. The lowest BCUT2D eigenvalue weighted by atomic mass is 10.0. The predicted molar refractivity (Wildman–Crippen MR) is 98.1 cm³/mol. The van der Waals surface area contributed by atoms with Crippen LogP contribution in [0.25, 0.3) is 0 Å². The summed E-state index contributed by atoms with van der Waals surface area (Å²) < 4.78 is 7.38. The number of aromatic nitrogens is 2. The highest BCUT2D eigenvalue weighted by molar-refractivity contribution is 5.68. The van der Waals surface area contributed by atoms with E-state index in [0.717, 1.165) is 30.8 Å². The van der Waals surface area contributed by atoms with Gasteiger partial charge in [0.05, 0.1) is 18.1 Å². The number of benzene rings is 1. The van der Waals surface area contributed by atoms with E-state index in [4.69, 9.17) is 4.74 Å². The Labute approximate surface area is 149 Å². The van der Waals surface area contributed by atoms with Crippen molar-refractivity contribution in [2.45, 2.75) is 45.4 Å². The second-order valence-corrected chi connectivity index (χ2v) is 7.07. The van der Waals surface area contributed by atoms with E-state index >= 15 is 0 Å². The number of hydrogen-bond donors (Lipinski definition) is 2. The summed E-state index contributed by atoms with van der Waals surface area (Å²) in [7, 11) is 1.97. The van der Waals surface area contributed by atoms with Crippen molar-refractivity contribution in [1.82, 2.24) is 20.2 Å². The first-order valence-electron chi connectivity index (χ1n) is 8.55.